The van der Waals surface area contributed by atoms with Gasteiger partial charge in [-0.05, 0) is 30.5 Å². The van der Waals surface area contributed by atoms with Crippen LogP contribution in [0.15, 0.2) is 41.5 Å². The monoisotopic (exact) mass is 270 g/mol. The number of hydrogen-bond donors (Lipinski definition) is 1. The standard InChI is InChI=1S/C16H18N2S/c1-2-3-7-13-9-10-15(19-13)16-14-8-5-4-6-12(14)11-17-18-16/h4-6,8-11,16,18H,2-3,7H2,1H3. The van der Waals surface area contributed by atoms with Gasteiger partial charge in [-0.1, -0.05) is 37.6 Å². The van der Waals surface area contributed by atoms with Crippen molar-refractivity contribution in [3.8, 4) is 0 Å². The summed E-state index contributed by atoms with van der Waals surface area (Å²) in [7, 11) is 0. The minimum atomic E-state index is 0.210. The molecule has 3 rings (SSSR count). The first kappa shape index (κ1) is 12.4. The van der Waals surface area contributed by atoms with E-state index >= 15 is 0 Å². The van der Waals surface area contributed by atoms with Crippen molar-refractivity contribution >= 4 is 17.6 Å². The Bertz CT molecular complexity index is 586. The predicted octanol–water partition coefficient (Wildman–Crippen LogP) is 4.12. The number of fused-ring (bicyclic) bond motifs is 1. The highest BCUT2D eigenvalue weighted by Gasteiger charge is 2.20. The van der Waals surface area contributed by atoms with Gasteiger partial charge in [0.05, 0.1) is 6.21 Å². The largest absolute Gasteiger partial charge is 0.297 e. The van der Waals surface area contributed by atoms with Crippen molar-refractivity contribution < 1.29 is 0 Å². The van der Waals surface area contributed by atoms with E-state index in [0.29, 0.717) is 0 Å². The van der Waals surface area contributed by atoms with Crippen LogP contribution in [0.2, 0.25) is 0 Å². The molecular formula is C16H18N2S. The predicted molar refractivity (Wildman–Crippen MR) is 81.9 cm³/mol. The highest BCUT2D eigenvalue weighted by Crippen LogP contribution is 2.32. The Hall–Kier alpha value is -1.61. The quantitative estimate of drug-likeness (QED) is 0.888. The maximum absolute atomic E-state index is 4.28. The normalized spacial score (nSPS) is 17.0. The zero-order chi connectivity index (χ0) is 13.1. The summed E-state index contributed by atoms with van der Waals surface area (Å²) in [5.41, 5.74) is 5.78. The minimum absolute atomic E-state index is 0.210. The molecule has 0 saturated heterocycles. The fourth-order valence-corrected chi connectivity index (χ4v) is 3.51. The van der Waals surface area contributed by atoms with Gasteiger partial charge in [0.1, 0.15) is 6.04 Å². The number of nitrogens with one attached hydrogen (secondary N) is 1. The maximum atomic E-state index is 4.28. The average molecular weight is 270 g/mol. The number of nitrogens with zero attached hydrogens (tertiary/aromatic N) is 1. The maximum Gasteiger partial charge on any atom is 0.104 e. The zero-order valence-electron chi connectivity index (χ0n) is 11.1. The molecule has 1 aromatic carbocycles. The van der Waals surface area contributed by atoms with Crippen LogP contribution >= 0.6 is 11.3 Å². The molecule has 1 atom stereocenters. The Morgan fingerprint density at radius 3 is 3.00 bits per heavy atom. The number of rotatable bonds is 4. The third kappa shape index (κ3) is 2.56. The summed E-state index contributed by atoms with van der Waals surface area (Å²) in [5.74, 6) is 0. The molecule has 98 valence electrons. The molecule has 0 bridgehead atoms. The lowest BCUT2D eigenvalue weighted by atomic mass is 9.99. The SMILES string of the molecule is CCCCc1ccc(C2NN=Cc3ccccc32)s1. The first-order valence-corrected chi connectivity index (χ1v) is 7.66. The van der Waals surface area contributed by atoms with Crippen molar-refractivity contribution in [3.63, 3.8) is 0 Å². The second kappa shape index (κ2) is 5.57. The van der Waals surface area contributed by atoms with Crippen LogP contribution in [0, 0.1) is 0 Å². The molecule has 1 aromatic heterocycles. The molecular weight excluding hydrogens is 252 g/mol. The molecule has 0 saturated carbocycles. The molecule has 2 nitrogen and oxygen atoms in total. The fourth-order valence-electron chi connectivity index (χ4n) is 2.39. The number of unbranched alkanes of at least 4 members (excludes halogenated alkanes) is 1. The van der Waals surface area contributed by atoms with E-state index in [1.54, 1.807) is 0 Å². The number of aryl methyl sites for hydroxylation is 1. The average Bonchev–Trinajstić information content (AvgIpc) is 2.93. The van der Waals surface area contributed by atoms with Gasteiger partial charge in [-0.15, -0.1) is 11.3 Å². The van der Waals surface area contributed by atoms with Gasteiger partial charge in [-0.2, -0.15) is 5.10 Å². The second-order valence-corrected chi connectivity index (χ2v) is 6.06. The van der Waals surface area contributed by atoms with Crippen LogP contribution in [0.25, 0.3) is 0 Å². The van der Waals surface area contributed by atoms with Crippen LogP contribution < -0.4 is 5.43 Å². The second-order valence-electron chi connectivity index (χ2n) is 4.86. The summed E-state index contributed by atoms with van der Waals surface area (Å²) in [6.07, 6.45) is 5.62. The molecule has 3 heteroatoms. The molecule has 1 N–H and O–H groups in total. The van der Waals surface area contributed by atoms with Gasteiger partial charge in [0.15, 0.2) is 0 Å². The fraction of sp³-hybridized carbons (Fsp3) is 0.312. The van der Waals surface area contributed by atoms with E-state index in [9.17, 15) is 0 Å². The number of benzene rings is 1. The molecule has 0 spiro atoms. The Kier molecular flexibility index (Phi) is 3.65. The van der Waals surface area contributed by atoms with Crippen LogP contribution in [0.4, 0.5) is 0 Å². The number of hydrogen-bond acceptors (Lipinski definition) is 3. The minimum Gasteiger partial charge on any atom is -0.297 e. The molecule has 1 unspecified atom stereocenters. The van der Waals surface area contributed by atoms with E-state index in [-0.39, 0.29) is 6.04 Å². The molecule has 0 amide bonds. The molecule has 0 radical (unpaired) electrons. The van der Waals surface area contributed by atoms with Gasteiger partial charge >= 0.3 is 0 Å². The van der Waals surface area contributed by atoms with Gasteiger partial charge in [-0.3, -0.25) is 5.43 Å². The highest BCUT2D eigenvalue weighted by molar-refractivity contribution is 7.12. The van der Waals surface area contributed by atoms with Gasteiger partial charge in [0, 0.05) is 15.3 Å². The lowest BCUT2D eigenvalue weighted by Crippen LogP contribution is -2.21. The van der Waals surface area contributed by atoms with Gasteiger partial charge in [-0.25, -0.2) is 0 Å². The van der Waals surface area contributed by atoms with Crippen LogP contribution in [-0.4, -0.2) is 6.21 Å². The summed E-state index contributed by atoms with van der Waals surface area (Å²) >= 11 is 1.91. The van der Waals surface area contributed by atoms with Gasteiger partial charge in [0.2, 0.25) is 0 Å². The summed E-state index contributed by atoms with van der Waals surface area (Å²) in [4.78, 5) is 2.83. The molecule has 0 aliphatic carbocycles. The van der Waals surface area contributed by atoms with E-state index in [1.165, 1.54) is 40.1 Å². The van der Waals surface area contributed by atoms with E-state index in [2.05, 4.69) is 53.8 Å². The van der Waals surface area contributed by atoms with Crippen molar-refractivity contribution in [2.45, 2.75) is 32.2 Å². The smallest absolute Gasteiger partial charge is 0.104 e. The lowest BCUT2D eigenvalue weighted by molar-refractivity contribution is 0.641. The van der Waals surface area contributed by atoms with Crippen LogP contribution in [0.3, 0.4) is 0 Å². The van der Waals surface area contributed by atoms with Crippen molar-refractivity contribution in [3.05, 3.63) is 57.3 Å². The Morgan fingerprint density at radius 2 is 2.11 bits per heavy atom. The summed E-state index contributed by atoms with van der Waals surface area (Å²) in [6.45, 7) is 2.24. The summed E-state index contributed by atoms with van der Waals surface area (Å²) < 4.78 is 0. The van der Waals surface area contributed by atoms with Gasteiger partial charge in [0.25, 0.3) is 0 Å². The van der Waals surface area contributed by atoms with Crippen molar-refractivity contribution in [1.82, 2.24) is 5.43 Å². The van der Waals surface area contributed by atoms with Crippen LogP contribution in [-0.2, 0) is 6.42 Å². The van der Waals surface area contributed by atoms with Crippen LogP contribution in [0.1, 0.15) is 46.7 Å². The Labute approximate surface area is 118 Å². The number of hydrazone groups is 1. The first-order chi connectivity index (χ1) is 9.38. The van der Waals surface area contributed by atoms with E-state index < -0.39 is 0 Å². The molecule has 19 heavy (non-hydrogen) atoms. The molecule has 1 aliphatic rings. The van der Waals surface area contributed by atoms with Crippen LogP contribution in [0.5, 0.6) is 0 Å². The van der Waals surface area contributed by atoms with Crippen molar-refractivity contribution in [2.75, 3.05) is 0 Å². The van der Waals surface area contributed by atoms with E-state index in [1.807, 2.05) is 17.6 Å². The first-order valence-electron chi connectivity index (χ1n) is 6.84. The Balaban J connectivity index is 1.86. The third-order valence-electron chi connectivity index (χ3n) is 3.46. The van der Waals surface area contributed by atoms with E-state index in [0.717, 1.165) is 0 Å². The van der Waals surface area contributed by atoms with Gasteiger partial charge < -0.3 is 0 Å². The highest BCUT2D eigenvalue weighted by atomic mass is 32.1. The number of thiophene rings is 1. The molecule has 0 fully saturated rings. The summed E-state index contributed by atoms with van der Waals surface area (Å²) in [6, 6.07) is 13.2. The summed E-state index contributed by atoms with van der Waals surface area (Å²) in [5, 5.41) is 4.28. The third-order valence-corrected chi connectivity index (χ3v) is 4.67. The van der Waals surface area contributed by atoms with Crippen molar-refractivity contribution in [2.24, 2.45) is 5.10 Å². The van der Waals surface area contributed by atoms with Crippen molar-refractivity contribution in [1.29, 1.82) is 0 Å². The van der Waals surface area contributed by atoms with E-state index in [4.69, 9.17) is 0 Å². The topological polar surface area (TPSA) is 24.4 Å². The molecule has 2 heterocycles. The molecule has 2 aromatic rings. The molecule has 1 aliphatic heterocycles. The lowest BCUT2D eigenvalue weighted by Gasteiger charge is -2.21. The zero-order valence-corrected chi connectivity index (χ0v) is 11.9. The Morgan fingerprint density at radius 1 is 1.21 bits per heavy atom.